The van der Waals surface area contributed by atoms with Crippen molar-refractivity contribution in [3.63, 3.8) is 0 Å². The van der Waals surface area contributed by atoms with Crippen molar-refractivity contribution in [2.45, 2.75) is 45.5 Å². The molecule has 4 aliphatic heterocycles. The summed E-state index contributed by atoms with van der Waals surface area (Å²) in [5.74, 6) is 0.159. The molecule has 2 aromatic carbocycles. The van der Waals surface area contributed by atoms with Gasteiger partial charge in [0.15, 0.2) is 6.10 Å². The van der Waals surface area contributed by atoms with Crippen LogP contribution in [0.15, 0.2) is 85.2 Å². The molecule has 2 atom stereocenters. The highest BCUT2D eigenvalue weighted by Gasteiger charge is 2.39. The van der Waals surface area contributed by atoms with Crippen molar-refractivity contribution in [1.29, 1.82) is 0 Å². The number of aromatic nitrogens is 2. The minimum atomic E-state index is -3.64. The molecule has 0 aliphatic carbocycles. The summed E-state index contributed by atoms with van der Waals surface area (Å²) in [4.78, 5) is 65.2. The lowest BCUT2D eigenvalue weighted by Gasteiger charge is -2.36. The van der Waals surface area contributed by atoms with Crippen molar-refractivity contribution in [2.24, 2.45) is 0 Å². The Hall–Kier alpha value is -6.09. The number of aromatic hydroxyl groups is 2. The van der Waals surface area contributed by atoms with Gasteiger partial charge < -0.3 is 25.3 Å². The molecule has 4 fully saturated rings. The van der Waals surface area contributed by atoms with Crippen LogP contribution >= 0.6 is 0 Å². The molecule has 332 valence electrons. The highest BCUT2D eigenvalue weighted by molar-refractivity contribution is 7.86. The van der Waals surface area contributed by atoms with E-state index in [2.05, 4.69) is 15.3 Å². The van der Waals surface area contributed by atoms with Crippen LogP contribution in [0.3, 0.4) is 0 Å². The van der Waals surface area contributed by atoms with E-state index < -0.39 is 16.2 Å². The molecule has 0 unspecified atom stereocenters. The van der Waals surface area contributed by atoms with E-state index in [1.807, 2.05) is 4.90 Å². The molecular weight excluding hydrogens is 831 g/mol. The van der Waals surface area contributed by atoms with Gasteiger partial charge in [-0.2, -0.15) is 8.42 Å². The van der Waals surface area contributed by atoms with Crippen LogP contribution in [0.5, 0.6) is 11.5 Å². The molecule has 0 saturated carbocycles. The van der Waals surface area contributed by atoms with Gasteiger partial charge in [-0.25, -0.2) is 18.7 Å². The van der Waals surface area contributed by atoms with Gasteiger partial charge in [0.05, 0.1) is 37.8 Å². The van der Waals surface area contributed by atoms with E-state index in [-0.39, 0.29) is 66.8 Å². The number of nitrogens with zero attached hydrogens (tertiary/aromatic N) is 7. The third-order valence-corrected chi connectivity index (χ3v) is 10.8. The molecule has 2 aromatic heterocycles. The molecule has 0 spiro atoms. The number of nitrogens with one attached hydrogen (secondary N) is 1. The van der Waals surface area contributed by atoms with E-state index in [9.17, 15) is 41.5 Å². The van der Waals surface area contributed by atoms with Gasteiger partial charge in [-0.15, -0.1) is 0 Å². The molecule has 4 saturated heterocycles. The van der Waals surface area contributed by atoms with Gasteiger partial charge in [-0.3, -0.25) is 38.1 Å². The lowest BCUT2D eigenvalue weighted by molar-refractivity contribution is -0.134. The quantitative estimate of drug-likeness (QED) is 0.207. The fourth-order valence-corrected chi connectivity index (χ4v) is 7.73. The van der Waals surface area contributed by atoms with Crippen molar-refractivity contribution in [1.82, 2.24) is 30.0 Å². The lowest BCUT2D eigenvalue weighted by atomic mass is 10.1. The highest BCUT2D eigenvalue weighted by Crippen LogP contribution is 2.24. The molecule has 8 rings (SSSR count). The van der Waals surface area contributed by atoms with Crippen molar-refractivity contribution >= 4 is 45.4 Å². The van der Waals surface area contributed by atoms with E-state index >= 15 is 0 Å². The average molecular weight is 881 g/mol. The fraction of sp³-hybridized carbons (Fsp3) is 0.381. The summed E-state index contributed by atoms with van der Waals surface area (Å²) in [5, 5.41) is 21.4. The number of piperazine rings is 2. The largest absolute Gasteiger partial charge is 0.506 e. The molecule has 4 aliphatic rings. The molecule has 0 radical (unpaired) electrons. The Balaban J connectivity index is 0.000000186. The third kappa shape index (κ3) is 12.7. The van der Waals surface area contributed by atoms with Gasteiger partial charge in [0.2, 0.25) is 17.7 Å². The molecule has 0 bridgehead atoms. The summed E-state index contributed by atoms with van der Waals surface area (Å²) >= 11 is 0. The Labute approximate surface area is 358 Å². The molecule has 20 heteroatoms. The topological polar surface area (TPSA) is 206 Å². The third-order valence-electron chi connectivity index (χ3n) is 10.2. The number of pyridine rings is 2. The van der Waals surface area contributed by atoms with Gasteiger partial charge in [-0.1, -0.05) is 31.7 Å². The first kappa shape index (κ1) is 47.0. The van der Waals surface area contributed by atoms with Crippen LogP contribution in [-0.4, -0.2) is 138 Å². The second kappa shape index (κ2) is 21.1. The zero-order valence-electron chi connectivity index (χ0n) is 33.3. The van der Waals surface area contributed by atoms with Crippen LogP contribution in [0.1, 0.15) is 31.4 Å². The Kier molecular flexibility index (Phi) is 16.0. The highest BCUT2D eigenvalue weighted by atomic mass is 32.2. The Bertz CT molecular complexity index is 2270. The van der Waals surface area contributed by atoms with E-state index in [0.717, 1.165) is 23.9 Å². The summed E-state index contributed by atoms with van der Waals surface area (Å²) in [6.07, 6.45) is 3.64. The second-order valence-corrected chi connectivity index (χ2v) is 16.2. The number of benzene rings is 2. The lowest BCUT2D eigenvalue weighted by Crippen LogP contribution is -2.55. The summed E-state index contributed by atoms with van der Waals surface area (Å²) in [6, 6.07) is 17.9. The second-order valence-electron chi connectivity index (χ2n) is 14.6. The van der Waals surface area contributed by atoms with Gasteiger partial charge in [0.1, 0.15) is 34.8 Å². The summed E-state index contributed by atoms with van der Waals surface area (Å²) < 4.78 is 52.5. The predicted molar refractivity (Wildman–Crippen MR) is 224 cm³/mol. The maximum Gasteiger partial charge on any atom is 0.265 e. The van der Waals surface area contributed by atoms with Crippen molar-refractivity contribution in [2.75, 3.05) is 68.4 Å². The summed E-state index contributed by atoms with van der Waals surface area (Å²) in [6.45, 7) is 4.74. The number of carbonyl (C=O) groups is 4. The number of halogens is 2. The van der Waals surface area contributed by atoms with Gasteiger partial charge >= 0.3 is 0 Å². The van der Waals surface area contributed by atoms with Gasteiger partial charge in [0, 0.05) is 58.8 Å². The Morgan fingerprint density at radius 1 is 0.694 bits per heavy atom. The Morgan fingerprint density at radius 3 is 1.69 bits per heavy atom. The minimum Gasteiger partial charge on any atom is -0.506 e. The number of rotatable bonds is 9. The van der Waals surface area contributed by atoms with E-state index in [4.69, 9.17) is 9.29 Å². The zero-order chi connectivity index (χ0) is 43.7. The first-order chi connectivity index (χ1) is 29.1. The van der Waals surface area contributed by atoms with E-state index in [1.54, 1.807) is 51.1 Å². The average Bonchev–Trinajstić information content (AvgIpc) is 3.76. The fourth-order valence-electron chi connectivity index (χ4n) is 7.13. The Morgan fingerprint density at radius 2 is 1.21 bits per heavy atom. The summed E-state index contributed by atoms with van der Waals surface area (Å²) in [7, 11) is -3.64. The van der Waals surface area contributed by atoms with E-state index in [0.29, 0.717) is 76.8 Å². The standard InChI is InChI=1S/C20H21FN4O3.C12H14FNO4S.C9H11N3O2.CH4/c21-15-3-1-14(2-4-15)12-24-8-7-17(20(24)28)23-9-10-25(19(27)13-23)18-6-5-16(26)11-22-18;1-19(16,17)18-11-6-7-14(12(11)15)8-9-2-4-10(13)5-3-9;13-7-1-2-8(11-5-7)12-4-3-10-6-9(12)14;/h1-6,11,17,26H,7-10,12-13H2;2-5,11H,6-8H2,1H3;1-2,5,10,13H,3-4,6H2;1H4/t17-;11-;;/m10../s1. The van der Waals surface area contributed by atoms with Crippen molar-refractivity contribution in [3.05, 3.63) is 108 Å². The molecule has 3 N–H and O–H groups in total. The number of likely N-dealkylation sites (tertiary alicyclic amines) is 2. The van der Waals surface area contributed by atoms with Crippen LogP contribution < -0.4 is 15.1 Å². The molecular formula is C42H50F2N8O9S. The van der Waals surface area contributed by atoms with Gasteiger partial charge in [-0.05, 0) is 66.1 Å². The molecule has 17 nitrogen and oxygen atoms in total. The minimum absolute atomic E-state index is 0. The van der Waals surface area contributed by atoms with Crippen LogP contribution in [0, 0.1) is 11.6 Å². The van der Waals surface area contributed by atoms with Gasteiger partial charge in [0.25, 0.3) is 16.0 Å². The smallest absolute Gasteiger partial charge is 0.265 e. The SMILES string of the molecule is C.CS(=O)(=O)O[C@H]1CCN(Cc2ccc(F)cc2)C1=O.O=C1CNCCN1c1ccc(O)cn1.O=C1[C@H](N2CCN(c3ccc(O)cn3)C(=O)C2)CCN1Cc1ccc(F)cc1. The number of anilines is 2. The van der Waals surface area contributed by atoms with E-state index in [1.165, 1.54) is 53.7 Å². The number of amides is 4. The molecule has 62 heavy (non-hydrogen) atoms. The number of hydrogen-bond donors (Lipinski definition) is 3. The molecule has 4 aromatic rings. The number of hydrogen-bond acceptors (Lipinski definition) is 13. The van der Waals surface area contributed by atoms with Crippen LogP contribution in [-0.2, 0) is 46.6 Å². The van der Waals surface area contributed by atoms with Crippen LogP contribution in [0.4, 0.5) is 20.4 Å². The van der Waals surface area contributed by atoms with Crippen LogP contribution in [0.25, 0.3) is 0 Å². The van der Waals surface area contributed by atoms with Crippen LogP contribution in [0.2, 0.25) is 0 Å². The molecule has 6 heterocycles. The maximum absolute atomic E-state index is 13.1. The van der Waals surface area contributed by atoms with Crippen molar-refractivity contribution in [3.8, 4) is 11.5 Å². The first-order valence-electron chi connectivity index (χ1n) is 19.4. The zero-order valence-corrected chi connectivity index (χ0v) is 34.1. The number of carbonyl (C=O) groups excluding carboxylic acids is 4. The normalized spacial score (nSPS) is 19.4. The first-order valence-corrected chi connectivity index (χ1v) is 21.3. The monoisotopic (exact) mass is 880 g/mol. The van der Waals surface area contributed by atoms with Crippen molar-refractivity contribution < 1.29 is 50.8 Å². The maximum atomic E-state index is 13.1. The summed E-state index contributed by atoms with van der Waals surface area (Å²) in [5.41, 5.74) is 1.67. The molecule has 4 amide bonds. The predicted octanol–water partition coefficient (Wildman–Crippen LogP) is 2.64.